The third-order valence-electron chi connectivity index (χ3n) is 5.32. The summed E-state index contributed by atoms with van der Waals surface area (Å²) in [6, 6.07) is 14.8. The van der Waals surface area contributed by atoms with E-state index in [0.29, 0.717) is 50.0 Å². The lowest BCUT2D eigenvalue weighted by molar-refractivity contribution is -0.125. The monoisotopic (exact) mass is 411 g/mol. The second kappa shape index (κ2) is 9.76. The average molecular weight is 411 g/mol. The van der Waals surface area contributed by atoms with E-state index in [2.05, 4.69) is 5.32 Å². The molecule has 0 aromatic heterocycles. The second-order valence-corrected chi connectivity index (χ2v) is 7.92. The summed E-state index contributed by atoms with van der Waals surface area (Å²) in [6.07, 6.45) is 1.20. The molecular weight excluding hydrogens is 382 g/mol. The van der Waals surface area contributed by atoms with Crippen molar-refractivity contribution in [3.63, 3.8) is 0 Å². The molecule has 6 nitrogen and oxygen atoms in total. The highest BCUT2D eigenvalue weighted by Crippen LogP contribution is 2.36. The van der Waals surface area contributed by atoms with Crippen LogP contribution in [0.15, 0.2) is 48.5 Å². The predicted molar refractivity (Wildman–Crippen MR) is 115 cm³/mol. The summed E-state index contributed by atoms with van der Waals surface area (Å²) < 4.78 is 16.2. The number of esters is 1. The molecule has 1 amide bonds. The first-order chi connectivity index (χ1) is 14.5. The Labute approximate surface area is 177 Å². The van der Waals surface area contributed by atoms with Gasteiger partial charge in [0.25, 0.3) is 0 Å². The van der Waals surface area contributed by atoms with Crippen LogP contribution in [0.1, 0.15) is 42.6 Å². The summed E-state index contributed by atoms with van der Waals surface area (Å²) in [7, 11) is 1.33. The molecule has 1 fully saturated rings. The highest BCUT2D eigenvalue weighted by molar-refractivity contribution is 6.01. The molecule has 0 aliphatic carbocycles. The number of amides is 1. The second-order valence-electron chi connectivity index (χ2n) is 7.92. The number of hydrogen-bond acceptors (Lipinski definition) is 5. The van der Waals surface area contributed by atoms with Gasteiger partial charge in [-0.3, -0.25) is 4.79 Å². The summed E-state index contributed by atoms with van der Waals surface area (Å²) >= 11 is 0. The Kier molecular flexibility index (Phi) is 7.11. The number of methoxy groups -OCH3 is 1. The van der Waals surface area contributed by atoms with Gasteiger partial charge in [0.15, 0.2) is 0 Å². The molecule has 2 aromatic rings. The van der Waals surface area contributed by atoms with Crippen molar-refractivity contribution in [1.29, 1.82) is 0 Å². The predicted octanol–water partition coefficient (Wildman–Crippen LogP) is 4.19. The van der Waals surface area contributed by atoms with Crippen LogP contribution < -0.4 is 10.1 Å². The summed E-state index contributed by atoms with van der Waals surface area (Å²) in [5.41, 5.74) is 1.12. The van der Waals surface area contributed by atoms with Crippen molar-refractivity contribution in [2.24, 2.45) is 5.92 Å². The molecule has 0 saturated carbocycles. The minimum Gasteiger partial charge on any atom is -0.492 e. The molecule has 1 N–H and O–H groups in total. The largest absolute Gasteiger partial charge is 0.492 e. The fourth-order valence-electron chi connectivity index (χ4n) is 3.63. The molecule has 0 spiro atoms. The Bertz CT molecular complexity index is 872. The first kappa shape index (κ1) is 21.8. The first-order valence-electron chi connectivity index (χ1n) is 10.3. The molecule has 0 atom stereocenters. The van der Waals surface area contributed by atoms with Gasteiger partial charge in [0.2, 0.25) is 5.91 Å². The Hall–Kier alpha value is -2.86. The molecule has 30 heavy (non-hydrogen) atoms. The number of ether oxygens (including phenoxy) is 3. The van der Waals surface area contributed by atoms with E-state index in [1.165, 1.54) is 7.11 Å². The maximum absolute atomic E-state index is 13.4. The van der Waals surface area contributed by atoms with Gasteiger partial charge in [-0.2, -0.15) is 0 Å². The molecule has 0 bridgehead atoms. The van der Waals surface area contributed by atoms with Crippen LogP contribution in [0.2, 0.25) is 0 Å². The van der Waals surface area contributed by atoms with Crippen LogP contribution in [0.3, 0.4) is 0 Å². The average Bonchev–Trinajstić information content (AvgIpc) is 2.78. The minimum atomic E-state index is -0.669. The Morgan fingerprint density at radius 1 is 1.10 bits per heavy atom. The van der Waals surface area contributed by atoms with Gasteiger partial charge in [-0.05, 0) is 42.5 Å². The summed E-state index contributed by atoms with van der Waals surface area (Å²) in [5.74, 6) is 0.142. The number of rotatable bonds is 7. The summed E-state index contributed by atoms with van der Waals surface area (Å²) in [5, 5.41) is 3.00. The lowest BCUT2D eigenvalue weighted by Crippen LogP contribution is -2.44. The van der Waals surface area contributed by atoms with E-state index in [1.807, 2.05) is 44.2 Å². The maximum Gasteiger partial charge on any atom is 0.341 e. The number of nitrogens with one attached hydrogen (secondary N) is 1. The molecule has 6 heteroatoms. The highest BCUT2D eigenvalue weighted by atomic mass is 16.5. The zero-order valence-corrected chi connectivity index (χ0v) is 17.8. The Balaban J connectivity index is 1.88. The first-order valence-corrected chi connectivity index (χ1v) is 10.3. The molecule has 3 rings (SSSR count). The molecule has 1 aliphatic heterocycles. The van der Waals surface area contributed by atoms with Gasteiger partial charge in [-0.15, -0.1) is 0 Å². The van der Waals surface area contributed by atoms with Crippen molar-refractivity contribution in [2.45, 2.75) is 32.1 Å². The molecule has 0 radical (unpaired) electrons. The molecule has 160 valence electrons. The van der Waals surface area contributed by atoms with E-state index >= 15 is 0 Å². The van der Waals surface area contributed by atoms with E-state index in [1.54, 1.807) is 18.2 Å². The standard InChI is InChI=1S/C24H29NO5/c1-17(2)16-30-21-10-9-19(15-20(21)22(26)28-3)25-23(27)24(11-13-29-14-12-24)18-7-5-4-6-8-18/h4-10,15,17H,11-14,16H2,1-3H3,(H,25,27). The minimum absolute atomic E-state index is 0.108. The van der Waals surface area contributed by atoms with Gasteiger partial charge < -0.3 is 19.5 Å². The van der Waals surface area contributed by atoms with Crippen LogP contribution in [0.25, 0.3) is 0 Å². The zero-order valence-electron chi connectivity index (χ0n) is 17.8. The van der Waals surface area contributed by atoms with Gasteiger partial charge in [-0.1, -0.05) is 44.2 Å². The fraction of sp³-hybridized carbons (Fsp3) is 0.417. The van der Waals surface area contributed by atoms with Crippen LogP contribution in [0.4, 0.5) is 5.69 Å². The number of hydrogen-bond donors (Lipinski definition) is 1. The van der Waals surface area contributed by atoms with Crippen LogP contribution in [0, 0.1) is 5.92 Å². The van der Waals surface area contributed by atoms with Crippen molar-refractivity contribution in [2.75, 3.05) is 32.2 Å². The summed E-state index contributed by atoms with van der Waals surface area (Å²) in [4.78, 5) is 25.7. The van der Waals surface area contributed by atoms with Crippen LogP contribution in [0.5, 0.6) is 5.75 Å². The molecule has 0 unspecified atom stereocenters. The van der Waals surface area contributed by atoms with Gasteiger partial charge in [0.05, 0.1) is 19.1 Å². The van der Waals surface area contributed by atoms with Crippen LogP contribution >= 0.6 is 0 Å². The van der Waals surface area contributed by atoms with Crippen molar-refractivity contribution >= 4 is 17.6 Å². The van der Waals surface area contributed by atoms with Crippen molar-refractivity contribution in [3.8, 4) is 5.75 Å². The quantitative estimate of drug-likeness (QED) is 0.692. The van der Waals surface area contributed by atoms with Gasteiger partial charge in [-0.25, -0.2) is 4.79 Å². The normalized spacial score (nSPS) is 15.5. The topological polar surface area (TPSA) is 73.9 Å². The van der Waals surface area contributed by atoms with Crippen LogP contribution in [-0.2, 0) is 19.7 Å². The molecule has 1 aliphatic rings. The van der Waals surface area contributed by atoms with Gasteiger partial charge >= 0.3 is 5.97 Å². The lowest BCUT2D eigenvalue weighted by Gasteiger charge is -2.36. The van der Waals surface area contributed by atoms with Gasteiger partial charge in [0, 0.05) is 18.9 Å². The van der Waals surface area contributed by atoms with Crippen molar-refractivity contribution < 1.29 is 23.8 Å². The maximum atomic E-state index is 13.4. The van der Waals surface area contributed by atoms with E-state index < -0.39 is 11.4 Å². The zero-order chi connectivity index (χ0) is 21.6. The highest BCUT2D eigenvalue weighted by Gasteiger charge is 2.41. The summed E-state index contributed by atoms with van der Waals surface area (Å²) in [6.45, 7) is 5.59. The van der Waals surface area contributed by atoms with E-state index in [4.69, 9.17) is 14.2 Å². The SMILES string of the molecule is COC(=O)c1cc(NC(=O)C2(c3ccccc3)CCOCC2)ccc1OCC(C)C. The molecule has 1 heterocycles. The number of carbonyl (C=O) groups excluding carboxylic acids is 2. The van der Waals surface area contributed by atoms with E-state index in [-0.39, 0.29) is 11.5 Å². The smallest absolute Gasteiger partial charge is 0.341 e. The molecule has 2 aromatic carbocycles. The van der Waals surface area contributed by atoms with Gasteiger partial charge in [0.1, 0.15) is 11.3 Å². The number of carbonyl (C=O) groups is 2. The lowest BCUT2D eigenvalue weighted by atomic mass is 9.73. The third kappa shape index (κ3) is 4.82. The fourth-order valence-corrected chi connectivity index (χ4v) is 3.63. The molecular formula is C24H29NO5. The van der Waals surface area contributed by atoms with Crippen molar-refractivity contribution in [1.82, 2.24) is 0 Å². The Morgan fingerprint density at radius 2 is 1.80 bits per heavy atom. The Morgan fingerprint density at radius 3 is 2.43 bits per heavy atom. The van der Waals surface area contributed by atoms with Crippen molar-refractivity contribution in [3.05, 3.63) is 59.7 Å². The number of anilines is 1. The number of benzene rings is 2. The van der Waals surface area contributed by atoms with E-state index in [9.17, 15) is 9.59 Å². The van der Waals surface area contributed by atoms with Crippen LogP contribution in [-0.4, -0.2) is 38.8 Å². The third-order valence-corrected chi connectivity index (χ3v) is 5.32. The molecule has 1 saturated heterocycles. The van der Waals surface area contributed by atoms with E-state index in [0.717, 1.165) is 5.56 Å².